The first-order valence-electron chi connectivity index (χ1n) is 39.7. The van der Waals surface area contributed by atoms with Crippen LogP contribution >= 0.6 is 15.6 Å². The number of carbonyl (C=O) groups excluding carboxylic acids is 4. The summed E-state index contributed by atoms with van der Waals surface area (Å²) < 4.78 is 68.4. The van der Waals surface area contributed by atoms with Crippen LogP contribution in [0.5, 0.6) is 0 Å². The molecule has 0 aromatic heterocycles. The summed E-state index contributed by atoms with van der Waals surface area (Å²) in [6, 6.07) is 0. The van der Waals surface area contributed by atoms with Crippen molar-refractivity contribution >= 4 is 39.5 Å². The fraction of sp³-hybridized carbons (Fsp3) is 0.586. The van der Waals surface area contributed by atoms with Gasteiger partial charge in [-0.05, 0) is 154 Å². The van der Waals surface area contributed by atoms with Crippen molar-refractivity contribution in [2.75, 3.05) is 39.6 Å². The van der Waals surface area contributed by atoms with E-state index in [9.17, 15) is 43.2 Å². The average Bonchev–Trinajstić information content (AvgIpc) is 0.901. The SMILES string of the molecule is CC/C=C\C/C=C\C/C=C\C/C=C\C/C=C\C/C=C\CCC(=O)OCC(COP(=O)(O)OCC(O)COP(=O)(O)OCC(COC(=O)CCCCCCCCC/C=C\C/C=C\C/C=C\CC)OC(=O)CCCCCCC/C=C\CCCC)OC(=O)CC/C=C\C/C=C\C/C=C\C/C=C\C/C=C\C/C=C\CC. The Morgan fingerprint density at radius 3 is 0.840 bits per heavy atom. The maximum absolute atomic E-state index is 13.1. The van der Waals surface area contributed by atoms with Crippen LogP contribution in [0.15, 0.2) is 194 Å². The largest absolute Gasteiger partial charge is 0.472 e. The van der Waals surface area contributed by atoms with Crippen molar-refractivity contribution in [2.24, 2.45) is 0 Å². The van der Waals surface area contributed by atoms with E-state index in [2.05, 4.69) is 186 Å². The number of ether oxygens (including phenoxy) is 4. The van der Waals surface area contributed by atoms with Gasteiger partial charge in [0, 0.05) is 25.7 Å². The molecule has 3 N–H and O–H groups in total. The van der Waals surface area contributed by atoms with Crippen molar-refractivity contribution in [1.29, 1.82) is 0 Å². The zero-order chi connectivity index (χ0) is 77.4. The number of hydrogen-bond acceptors (Lipinski definition) is 15. The first-order chi connectivity index (χ1) is 51.7. The molecule has 0 aromatic rings. The van der Waals surface area contributed by atoms with E-state index in [0.29, 0.717) is 38.5 Å². The van der Waals surface area contributed by atoms with Gasteiger partial charge in [-0.3, -0.25) is 37.3 Å². The quantitative estimate of drug-likeness (QED) is 0.0169. The smallest absolute Gasteiger partial charge is 0.462 e. The van der Waals surface area contributed by atoms with Crippen molar-refractivity contribution in [3.63, 3.8) is 0 Å². The molecule has 0 bridgehead atoms. The van der Waals surface area contributed by atoms with E-state index in [1.165, 1.54) is 12.8 Å². The monoisotopic (exact) mass is 1520 g/mol. The Morgan fingerprint density at radius 2 is 0.509 bits per heavy atom. The predicted molar refractivity (Wildman–Crippen MR) is 436 cm³/mol. The first kappa shape index (κ1) is 99.9. The Hall–Kier alpha value is -6.10. The van der Waals surface area contributed by atoms with Gasteiger partial charge in [0.05, 0.1) is 26.4 Å². The Morgan fingerprint density at radius 1 is 0.274 bits per heavy atom. The number of allylic oxidation sites excluding steroid dienone is 32. The third kappa shape index (κ3) is 76.1. The number of phosphoric ester groups is 2. The van der Waals surface area contributed by atoms with Crippen LogP contribution in [-0.4, -0.2) is 96.7 Å². The second-order valence-corrected chi connectivity index (χ2v) is 28.4. The van der Waals surface area contributed by atoms with Crippen LogP contribution in [0.3, 0.4) is 0 Å². The molecule has 17 nitrogen and oxygen atoms in total. The molecule has 0 rings (SSSR count). The molecule has 0 saturated heterocycles. The minimum atomic E-state index is -5.02. The Bertz CT molecular complexity index is 2780. The predicted octanol–water partition coefficient (Wildman–Crippen LogP) is 23.3. The summed E-state index contributed by atoms with van der Waals surface area (Å²) in [6.07, 6.45) is 94.5. The van der Waals surface area contributed by atoms with Gasteiger partial charge >= 0.3 is 39.5 Å². The van der Waals surface area contributed by atoms with Gasteiger partial charge < -0.3 is 33.8 Å². The van der Waals surface area contributed by atoms with Crippen molar-refractivity contribution in [1.82, 2.24) is 0 Å². The van der Waals surface area contributed by atoms with Gasteiger partial charge in [-0.15, -0.1) is 0 Å². The molecule has 598 valence electrons. The fourth-order valence-electron chi connectivity index (χ4n) is 9.62. The number of phosphoric acid groups is 2. The lowest BCUT2D eigenvalue weighted by Crippen LogP contribution is -2.30. The Labute approximate surface area is 640 Å². The number of rotatable bonds is 72. The standard InChI is InChI=1S/C87H138O17P2/c1-5-9-13-17-21-25-29-32-35-38-40-43-46-49-53-56-60-64-68-72-85(90)98-78-83(104-87(92)74-70-66-62-58-54-50-47-44-41-39-36-33-30-26-22-18-14-10-6-2)80-102-106(95,96)100-76-81(88)75-99-105(93,94)101-79-82(103-86(91)73-69-65-61-57-51-28-24-20-16-12-8-4)77-97-84(89)71-67-63-59-55-52-48-45-42-37-34-31-27-23-19-15-11-7-3/h9-11,13-15,20-27,32-37,40-41,43-44,49-50,53-54,60,62,64,66,81-83,88H,5-8,12,16-19,28-31,38-39,42,45-48,51-52,55-59,61,63,65,67-80H2,1-4H3,(H,93,94)(H,95,96)/b13-9-,14-10-,15-11-,24-20-,25-21-,26-22-,27-23-,35-32-,36-33-,37-34-,43-40-,44-41-,53-49-,54-50-,64-60-,66-62-. The van der Waals surface area contributed by atoms with Gasteiger partial charge in [-0.1, -0.05) is 286 Å². The number of aliphatic hydroxyl groups is 1. The van der Waals surface area contributed by atoms with Crippen LogP contribution in [0.2, 0.25) is 0 Å². The summed E-state index contributed by atoms with van der Waals surface area (Å²) >= 11 is 0. The zero-order valence-electron chi connectivity index (χ0n) is 65.3. The molecule has 106 heavy (non-hydrogen) atoms. The fourth-order valence-corrected chi connectivity index (χ4v) is 11.2. The number of carbonyl (C=O) groups is 4. The molecule has 5 unspecified atom stereocenters. The second kappa shape index (κ2) is 77.1. The van der Waals surface area contributed by atoms with Crippen LogP contribution in [0.1, 0.15) is 272 Å². The molecule has 0 aliphatic carbocycles. The van der Waals surface area contributed by atoms with Crippen LogP contribution < -0.4 is 0 Å². The number of esters is 4. The van der Waals surface area contributed by atoms with E-state index in [1.807, 2.05) is 36.5 Å². The molecule has 5 atom stereocenters. The average molecular weight is 1520 g/mol. The lowest BCUT2D eigenvalue weighted by atomic mass is 10.1. The van der Waals surface area contributed by atoms with E-state index < -0.39 is 97.5 Å². The molecule has 0 aliphatic heterocycles. The highest BCUT2D eigenvalue weighted by molar-refractivity contribution is 7.47. The van der Waals surface area contributed by atoms with Crippen LogP contribution in [-0.2, 0) is 65.4 Å². The third-order valence-electron chi connectivity index (χ3n) is 15.6. The first-order valence-corrected chi connectivity index (χ1v) is 42.7. The molecule has 19 heteroatoms. The van der Waals surface area contributed by atoms with Crippen LogP contribution in [0, 0.1) is 0 Å². The topological polar surface area (TPSA) is 237 Å². The molecule has 0 heterocycles. The van der Waals surface area contributed by atoms with E-state index in [-0.39, 0.29) is 25.7 Å². The van der Waals surface area contributed by atoms with E-state index in [4.69, 9.17) is 37.0 Å². The highest BCUT2D eigenvalue weighted by Crippen LogP contribution is 2.45. The van der Waals surface area contributed by atoms with Gasteiger partial charge in [-0.2, -0.15) is 0 Å². The van der Waals surface area contributed by atoms with Gasteiger partial charge in [0.2, 0.25) is 0 Å². The number of aliphatic hydroxyl groups excluding tert-OH is 1. The number of unbranched alkanes of at least 4 members (excludes halogenated alkanes) is 14. The Balaban J connectivity index is 5.51. The second-order valence-electron chi connectivity index (χ2n) is 25.5. The lowest BCUT2D eigenvalue weighted by Gasteiger charge is -2.21. The van der Waals surface area contributed by atoms with Crippen molar-refractivity contribution in [3.8, 4) is 0 Å². The molecule has 0 aliphatic rings. The summed E-state index contributed by atoms with van der Waals surface area (Å²) in [5, 5.41) is 10.6. The van der Waals surface area contributed by atoms with Crippen LogP contribution in [0.4, 0.5) is 0 Å². The van der Waals surface area contributed by atoms with Gasteiger partial charge in [0.15, 0.2) is 12.2 Å². The summed E-state index contributed by atoms with van der Waals surface area (Å²) in [7, 11) is -10.0. The Kier molecular flexibility index (Phi) is 72.6. The molecule has 0 spiro atoms. The molecular formula is C87H138O17P2. The summed E-state index contributed by atoms with van der Waals surface area (Å²) in [6.45, 7) is 4.27. The molecule has 0 radical (unpaired) electrons. The minimum absolute atomic E-state index is 0.0122. The zero-order valence-corrected chi connectivity index (χ0v) is 67.1. The molecular weight excluding hydrogens is 1380 g/mol. The van der Waals surface area contributed by atoms with Crippen molar-refractivity contribution in [3.05, 3.63) is 194 Å². The van der Waals surface area contributed by atoms with Crippen LogP contribution in [0.25, 0.3) is 0 Å². The maximum atomic E-state index is 13.1. The van der Waals surface area contributed by atoms with Crippen molar-refractivity contribution < 1.29 is 80.2 Å². The van der Waals surface area contributed by atoms with Gasteiger partial charge in [0.25, 0.3) is 0 Å². The minimum Gasteiger partial charge on any atom is -0.462 e. The lowest BCUT2D eigenvalue weighted by molar-refractivity contribution is -0.161. The molecule has 0 aromatic carbocycles. The summed E-state index contributed by atoms with van der Waals surface area (Å²) in [4.78, 5) is 72.9. The summed E-state index contributed by atoms with van der Waals surface area (Å²) in [5.41, 5.74) is 0. The van der Waals surface area contributed by atoms with E-state index >= 15 is 0 Å². The van der Waals surface area contributed by atoms with Crippen molar-refractivity contribution in [2.45, 2.75) is 290 Å². The summed E-state index contributed by atoms with van der Waals surface area (Å²) in [5.74, 6) is -2.41. The highest BCUT2D eigenvalue weighted by Gasteiger charge is 2.30. The molecule has 0 amide bonds. The third-order valence-corrected chi connectivity index (χ3v) is 17.5. The number of hydrogen-bond donors (Lipinski definition) is 3. The van der Waals surface area contributed by atoms with E-state index in [0.717, 1.165) is 167 Å². The normalized spacial score (nSPS) is 14.9. The van der Waals surface area contributed by atoms with Gasteiger partial charge in [0.1, 0.15) is 19.3 Å². The van der Waals surface area contributed by atoms with Gasteiger partial charge in [-0.25, -0.2) is 9.13 Å². The highest BCUT2D eigenvalue weighted by atomic mass is 31.2. The molecule has 0 saturated carbocycles. The molecule has 0 fully saturated rings. The maximum Gasteiger partial charge on any atom is 0.472 e. The van der Waals surface area contributed by atoms with E-state index in [1.54, 1.807) is 0 Å².